The van der Waals surface area contributed by atoms with E-state index < -0.39 is 5.97 Å². The van der Waals surface area contributed by atoms with Crippen molar-refractivity contribution in [3.05, 3.63) is 46.0 Å². The SMILES string of the molecule is Cc1nn(Cc2cccc(C(=O)O)n2)c(C)c1Cl. The highest BCUT2D eigenvalue weighted by Gasteiger charge is 2.11. The Morgan fingerprint density at radius 2 is 2.17 bits per heavy atom. The molecule has 0 bridgehead atoms. The van der Waals surface area contributed by atoms with Gasteiger partial charge in [0.25, 0.3) is 0 Å². The van der Waals surface area contributed by atoms with E-state index in [0.717, 1.165) is 11.4 Å². The Kier molecular flexibility index (Phi) is 3.34. The normalized spacial score (nSPS) is 10.6. The van der Waals surface area contributed by atoms with Crippen molar-refractivity contribution in [3.8, 4) is 0 Å². The first kappa shape index (κ1) is 12.6. The molecular weight excluding hydrogens is 254 g/mol. The molecule has 0 spiro atoms. The number of aromatic nitrogens is 3. The van der Waals surface area contributed by atoms with Gasteiger partial charge in [-0.15, -0.1) is 0 Å². The molecule has 0 saturated carbocycles. The summed E-state index contributed by atoms with van der Waals surface area (Å²) >= 11 is 6.05. The molecule has 1 N–H and O–H groups in total. The molecule has 18 heavy (non-hydrogen) atoms. The van der Waals surface area contributed by atoms with Crippen LogP contribution in [0.15, 0.2) is 18.2 Å². The van der Waals surface area contributed by atoms with Gasteiger partial charge in [0.2, 0.25) is 0 Å². The largest absolute Gasteiger partial charge is 0.477 e. The lowest BCUT2D eigenvalue weighted by Crippen LogP contribution is -2.08. The molecule has 0 amide bonds. The highest BCUT2D eigenvalue weighted by Crippen LogP contribution is 2.19. The number of carboxylic acid groups (broad SMARTS) is 1. The Bertz CT molecular complexity index is 607. The van der Waals surface area contributed by atoms with E-state index in [0.29, 0.717) is 17.3 Å². The van der Waals surface area contributed by atoms with E-state index in [-0.39, 0.29) is 5.69 Å². The van der Waals surface area contributed by atoms with E-state index in [1.54, 1.807) is 16.8 Å². The molecule has 2 heterocycles. The predicted molar refractivity (Wildman–Crippen MR) is 67.0 cm³/mol. The quantitative estimate of drug-likeness (QED) is 0.925. The van der Waals surface area contributed by atoms with Crippen LogP contribution >= 0.6 is 11.6 Å². The molecule has 0 unspecified atom stereocenters. The van der Waals surface area contributed by atoms with Crippen LogP contribution in [0.1, 0.15) is 27.6 Å². The summed E-state index contributed by atoms with van der Waals surface area (Å²) < 4.78 is 1.71. The fraction of sp³-hybridized carbons (Fsp3) is 0.250. The lowest BCUT2D eigenvalue weighted by molar-refractivity contribution is 0.0690. The van der Waals surface area contributed by atoms with Crippen LogP contribution in [0.2, 0.25) is 5.02 Å². The zero-order valence-corrected chi connectivity index (χ0v) is 10.8. The Morgan fingerprint density at radius 3 is 2.72 bits per heavy atom. The van der Waals surface area contributed by atoms with Crippen LogP contribution in [0.4, 0.5) is 0 Å². The molecule has 5 nitrogen and oxygen atoms in total. The number of hydrogen-bond donors (Lipinski definition) is 1. The average molecular weight is 266 g/mol. The van der Waals surface area contributed by atoms with Gasteiger partial charge in [-0.25, -0.2) is 9.78 Å². The lowest BCUT2D eigenvalue weighted by Gasteiger charge is -2.04. The Hall–Kier alpha value is -1.88. The first-order valence-corrected chi connectivity index (χ1v) is 5.75. The summed E-state index contributed by atoms with van der Waals surface area (Å²) in [5.74, 6) is -1.04. The van der Waals surface area contributed by atoms with E-state index in [2.05, 4.69) is 10.1 Å². The fourth-order valence-electron chi connectivity index (χ4n) is 1.67. The van der Waals surface area contributed by atoms with E-state index >= 15 is 0 Å². The van der Waals surface area contributed by atoms with Gasteiger partial charge in [-0.3, -0.25) is 4.68 Å². The third kappa shape index (κ3) is 2.36. The van der Waals surface area contributed by atoms with Gasteiger partial charge < -0.3 is 5.11 Å². The van der Waals surface area contributed by atoms with E-state index in [9.17, 15) is 4.79 Å². The number of aryl methyl sites for hydroxylation is 1. The summed E-state index contributed by atoms with van der Waals surface area (Å²) in [6.07, 6.45) is 0. The molecule has 2 aromatic rings. The molecule has 6 heteroatoms. The average Bonchev–Trinajstić information content (AvgIpc) is 2.57. The number of nitrogens with zero attached hydrogens (tertiary/aromatic N) is 3. The van der Waals surface area contributed by atoms with Gasteiger partial charge in [0.15, 0.2) is 0 Å². The van der Waals surface area contributed by atoms with Gasteiger partial charge in [-0.2, -0.15) is 5.10 Å². The number of carbonyl (C=O) groups is 1. The van der Waals surface area contributed by atoms with Crippen LogP contribution < -0.4 is 0 Å². The summed E-state index contributed by atoms with van der Waals surface area (Å²) in [5.41, 5.74) is 2.26. The maximum Gasteiger partial charge on any atom is 0.354 e. The molecule has 94 valence electrons. The van der Waals surface area contributed by atoms with Crippen molar-refractivity contribution in [2.45, 2.75) is 20.4 Å². The van der Waals surface area contributed by atoms with Gasteiger partial charge in [-0.1, -0.05) is 17.7 Å². The summed E-state index contributed by atoms with van der Waals surface area (Å²) in [6.45, 7) is 4.09. The molecule has 0 aliphatic carbocycles. The number of rotatable bonds is 3. The van der Waals surface area contributed by atoms with Gasteiger partial charge >= 0.3 is 5.97 Å². The molecule has 0 aromatic carbocycles. The summed E-state index contributed by atoms with van der Waals surface area (Å²) in [4.78, 5) is 14.9. The van der Waals surface area contributed by atoms with E-state index in [1.807, 2.05) is 13.8 Å². The second-order valence-electron chi connectivity index (χ2n) is 3.96. The Balaban J connectivity index is 2.31. The Morgan fingerprint density at radius 1 is 1.44 bits per heavy atom. The standard InChI is InChI=1S/C12H12ClN3O2/c1-7-11(13)8(2)16(15-7)6-9-4-3-5-10(14-9)12(17)18/h3-5H,6H2,1-2H3,(H,17,18). The summed E-state index contributed by atoms with van der Waals surface area (Å²) in [5, 5.41) is 13.8. The lowest BCUT2D eigenvalue weighted by atomic mass is 10.3. The van der Waals surface area contributed by atoms with Crippen molar-refractivity contribution in [2.24, 2.45) is 0 Å². The smallest absolute Gasteiger partial charge is 0.354 e. The van der Waals surface area contributed by atoms with Crippen LogP contribution in [-0.2, 0) is 6.54 Å². The molecule has 2 aromatic heterocycles. The fourth-order valence-corrected chi connectivity index (χ4v) is 1.80. The molecule has 0 aliphatic heterocycles. The van der Waals surface area contributed by atoms with Crippen molar-refractivity contribution in [3.63, 3.8) is 0 Å². The zero-order chi connectivity index (χ0) is 13.3. The van der Waals surface area contributed by atoms with Gasteiger partial charge in [-0.05, 0) is 26.0 Å². The second-order valence-corrected chi connectivity index (χ2v) is 4.34. The third-order valence-electron chi connectivity index (χ3n) is 2.63. The molecule has 0 radical (unpaired) electrons. The molecule has 2 rings (SSSR count). The van der Waals surface area contributed by atoms with Crippen LogP contribution in [0.25, 0.3) is 0 Å². The number of halogens is 1. The molecule has 0 saturated heterocycles. The number of aromatic carboxylic acids is 1. The van der Waals surface area contributed by atoms with Crippen molar-refractivity contribution in [1.29, 1.82) is 0 Å². The zero-order valence-electron chi connectivity index (χ0n) is 10.0. The van der Waals surface area contributed by atoms with Crippen molar-refractivity contribution < 1.29 is 9.90 Å². The first-order valence-electron chi connectivity index (χ1n) is 5.37. The van der Waals surface area contributed by atoms with Crippen LogP contribution in [-0.4, -0.2) is 25.8 Å². The second kappa shape index (κ2) is 4.78. The van der Waals surface area contributed by atoms with Crippen molar-refractivity contribution >= 4 is 17.6 Å². The van der Waals surface area contributed by atoms with Crippen LogP contribution in [0, 0.1) is 13.8 Å². The van der Waals surface area contributed by atoms with E-state index in [1.165, 1.54) is 6.07 Å². The van der Waals surface area contributed by atoms with Crippen LogP contribution in [0.5, 0.6) is 0 Å². The highest BCUT2D eigenvalue weighted by molar-refractivity contribution is 6.31. The van der Waals surface area contributed by atoms with Gasteiger partial charge in [0, 0.05) is 0 Å². The number of carboxylic acids is 1. The first-order chi connectivity index (χ1) is 8.49. The monoisotopic (exact) mass is 265 g/mol. The summed E-state index contributed by atoms with van der Waals surface area (Å²) in [6, 6.07) is 4.88. The van der Waals surface area contributed by atoms with Crippen LogP contribution in [0.3, 0.4) is 0 Å². The molecule has 0 aliphatic rings. The Labute approximate surface area is 109 Å². The van der Waals surface area contributed by atoms with Gasteiger partial charge in [0.05, 0.1) is 28.6 Å². The van der Waals surface area contributed by atoms with Crippen molar-refractivity contribution in [2.75, 3.05) is 0 Å². The van der Waals surface area contributed by atoms with Gasteiger partial charge in [0.1, 0.15) is 5.69 Å². The number of pyridine rings is 1. The number of hydrogen-bond acceptors (Lipinski definition) is 3. The molecule has 0 fully saturated rings. The molecular formula is C12H12ClN3O2. The maximum atomic E-state index is 10.8. The molecule has 0 atom stereocenters. The topological polar surface area (TPSA) is 68.0 Å². The minimum absolute atomic E-state index is 0.0279. The minimum atomic E-state index is -1.04. The third-order valence-corrected chi connectivity index (χ3v) is 3.18. The summed E-state index contributed by atoms with van der Waals surface area (Å²) in [7, 11) is 0. The van der Waals surface area contributed by atoms with E-state index in [4.69, 9.17) is 16.7 Å². The van der Waals surface area contributed by atoms with Crippen molar-refractivity contribution in [1.82, 2.24) is 14.8 Å². The highest BCUT2D eigenvalue weighted by atomic mass is 35.5. The predicted octanol–water partition coefficient (Wildman–Crippen LogP) is 2.29. The minimum Gasteiger partial charge on any atom is -0.477 e. The maximum absolute atomic E-state index is 10.8.